The lowest BCUT2D eigenvalue weighted by molar-refractivity contribution is 0.873. The van der Waals surface area contributed by atoms with E-state index in [1.807, 2.05) is 37.4 Å². The highest BCUT2D eigenvalue weighted by Crippen LogP contribution is 2.18. The summed E-state index contributed by atoms with van der Waals surface area (Å²) in [6.07, 6.45) is 4.44. The number of anilines is 1. The van der Waals surface area contributed by atoms with Crippen LogP contribution in [0.2, 0.25) is 5.02 Å². The van der Waals surface area contributed by atoms with Crippen molar-refractivity contribution in [2.24, 2.45) is 0 Å². The van der Waals surface area contributed by atoms with Crippen molar-refractivity contribution in [3.8, 4) is 5.69 Å². The number of aromatic nitrogens is 5. The minimum absolute atomic E-state index is 0.160. The van der Waals surface area contributed by atoms with Crippen molar-refractivity contribution in [2.75, 3.05) is 5.32 Å². The Balaban J connectivity index is 1.51. The summed E-state index contributed by atoms with van der Waals surface area (Å²) in [7, 11) is 0. The van der Waals surface area contributed by atoms with Crippen LogP contribution >= 0.6 is 22.9 Å². The number of nitrogens with one attached hydrogen (secondary N) is 1. The van der Waals surface area contributed by atoms with Gasteiger partial charge in [-0.2, -0.15) is 9.61 Å². The molecule has 0 saturated carbocycles. The molecule has 0 atom stereocenters. The first kappa shape index (κ1) is 16.7. The van der Waals surface area contributed by atoms with Crippen LogP contribution in [-0.4, -0.2) is 24.4 Å². The molecule has 0 unspecified atom stereocenters. The number of aryl methyl sites for hydroxylation is 1. The second-order valence-electron chi connectivity index (χ2n) is 5.66. The van der Waals surface area contributed by atoms with Gasteiger partial charge in [-0.15, -0.1) is 5.10 Å². The molecule has 0 aliphatic heterocycles. The zero-order valence-corrected chi connectivity index (χ0v) is 15.5. The maximum Gasteiger partial charge on any atom is 0.275 e. The lowest BCUT2D eigenvalue weighted by atomic mass is 10.3. The molecule has 3 heterocycles. The molecule has 9 heteroatoms. The van der Waals surface area contributed by atoms with Gasteiger partial charge in [0.15, 0.2) is 0 Å². The molecule has 0 aliphatic rings. The Morgan fingerprint density at radius 2 is 2.08 bits per heavy atom. The van der Waals surface area contributed by atoms with Gasteiger partial charge in [0.05, 0.1) is 11.9 Å². The number of nitrogens with zero attached hydrogens (tertiary/aromatic N) is 5. The van der Waals surface area contributed by atoms with Crippen molar-refractivity contribution in [3.05, 3.63) is 69.4 Å². The highest BCUT2D eigenvalue weighted by Gasteiger charge is 2.09. The van der Waals surface area contributed by atoms with E-state index in [1.54, 1.807) is 10.9 Å². The number of rotatable bonds is 5. The van der Waals surface area contributed by atoms with E-state index < -0.39 is 0 Å². The fourth-order valence-corrected chi connectivity index (χ4v) is 3.42. The smallest absolute Gasteiger partial charge is 0.275 e. The third-order valence-corrected chi connectivity index (χ3v) is 4.95. The summed E-state index contributed by atoms with van der Waals surface area (Å²) in [6.45, 7) is 2.51. The molecule has 7 nitrogen and oxygen atoms in total. The van der Waals surface area contributed by atoms with Crippen LogP contribution in [0.25, 0.3) is 10.6 Å². The molecule has 0 amide bonds. The second-order valence-corrected chi connectivity index (χ2v) is 7.06. The van der Waals surface area contributed by atoms with E-state index in [1.165, 1.54) is 21.9 Å². The average molecular weight is 387 g/mol. The highest BCUT2D eigenvalue weighted by atomic mass is 35.5. The molecule has 4 rings (SSSR count). The summed E-state index contributed by atoms with van der Waals surface area (Å²) in [5, 5.41) is 13.2. The minimum atomic E-state index is -0.160. The normalized spacial score (nSPS) is 11.2. The maximum absolute atomic E-state index is 12.0. The number of fused-ring (bicyclic) bond motifs is 1. The Labute approximate surface area is 157 Å². The fraction of sp³-hybridized carbons (Fsp3) is 0.176. The fourth-order valence-electron chi connectivity index (χ4n) is 2.47. The third-order valence-electron chi connectivity index (χ3n) is 3.83. The summed E-state index contributed by atoms with van der Waals surface area (Å²) in [5.41, 5.74) is 2.54. The van der Waals surface area contributed by atoms with Crippen molar-refractivity contribution in [1.29, 1.82) is 0 Å². The van der Waals surface area contributed by atoms with Crippen molar-refractivity contribution in [1.82, 2.24) is 24.4 Å². The Bertz CT molecular complexity index is 1110. The molecule has 0 radical (unpaired) electrons. The van der Waals surface area contributed by atoms with E-state index in [0.29, 0.717) is 21.7 Å². The van der Waals surface area contributed by atoms with Gasteiger partial charge in [-0.25, -0.2) is 9.67 Å². The first-order valence-electron chi connectivity index (χ1n) is 8.05. The van der Waals surface area contributed by atoms with E-state index in [-0.39, 0.29) is 5.56 Å². The van der Waals surface area contributed by atoms with Crippen molar-refractivity contribution >= 4 is 33.0 Å². The van der Waals surface area contributed by atoms with E-state index in [9.17, 15) is 4.79 Å². The Morgan fingerprint density at radius 3 is 2.85 bits per heavy atom. The van der Waals surface area contributed by atoms with E-state index >= 15 is 0 Å². The monoisotopic (exact) mass is 386 g/mol. The van der Waals surface area contributed by atoms with Gasteiger partial charge in [-0.1, -0.05) is 29.9 Å². The molecular weight excluding hydrogens is 372 g/mol. The van der Waals surface area contributed by atoms with Gasteiger partial charge in [-0.3, -0.25) is 4.79 Å². The van der Waals surface area contributed by atoms with Gasteiger partial charge < -0.3 is 5.32 Å². The Kier molecular flexibility index (Phi) is 4.44. The van der Waals surface area contributed by atoms with Crippen LogP contribution in [0.3, 0.4) is 0 Å². The molecule has 0 fully saturated rings. The standard InChI is InChI=1S/C17H15ClN6OS/c1-2-13-7-15(25)24-17(21-13)26-16(22-24)19-8-11-9-20-23(10-11)14-5-3-12(18)4-6-14/h3-7,9-10H,2,8H2,1H3,(H,19,22). The number of hydrogen-bond acceptors (Lipinski definition) is 6. The first-order chi connectivity index (χ1) is 12.6. The third kappa shape index (κ3) is 3.33. The molecule has 1 aromatic carbocycles. The molecule has 0 spiro atoms. The van der Waals surface area contributed by atoms with Crippen LogP contribution in [0.5, 0.6) is 0 Å². The molecule has 0 saturated heterocycles. The van der Waals surface area contributed by atoms with Gasteiger partial charge in [0.2, 0.25) is 10.1 Å². The highest BCUT2D eigenvalue weighted by molar-refractivity contribution is 7.20. The topological polar surface area (TPSA) is 77.1 Å². The van der Waals surface area contributed by atoms with Gasteiger partial charge in [-0.05, 0) is 30.7 Å². The van der Waals surface area contributed by atoms with Gasteiger partial charge >= 0.3 is 0 Å². The molecule has 132 valence electrons. The molecule has 0 aliphatic carbocycles. The summed E-state index contributed by atoms with van der Waals surface area (Å²) >= 11 is 7.26. The van der Waals surface area contributed by atoms with E-state index in [0.717, 1.165) is 23.4 Å². The van der Waals surface area contributed by atoms with Crippen LogP contribution in [-0.2, 0) is 13.0 Å². The van der Waals surface area contributed by atoms with Crippen molar-refractivity contribution in [2.45, 2.75) is 19.9 Å². The van der Waals surface area contributed by atoms with Gasteiger partial charge in [0, 0.05) is 35.1 Å². The summed E-state index contributed by atoms with van der Waals surface area (Å²) in [5.74, 6) is 0. The molecule has 3 aromatic heterocycles. The van der Waals surface area contributed by atoms with Gasteiger partial charge in [0.1, 0.15) is 0 Å². The van der Waals surface area contributed by atoms with Crippen LogP contribution in [0.4, 0.5) is 5.13 Å². The lowest BCUT2D eigenvalue weighted by Gasteiger charge is -2.01. The molecule has 4 aromatic rings. The summed E-state index contributed by atoms with van der Waals surface area (Å²) in [6, 6.07) is 8.99. The molecular formula is C17H15ClN6OS. The molecule has 26 heavy (non-hydrogen) atoms. The number of halogens is 1. The average Bonchev–Trinajstić information content (AvgIpc) is 3.27. The van der Waals surface area contributed by atoms with E-state index in [2.05, 4.69) is 20.5 Å². The minimum Gasteiger partial charge on any atom is -0.356 e. The number of hydrogen-bond donors (Lipinski definition) is 1. The zero-order valence-electron chi connectivity index (χ0n) is 13.9. The predicted molar refractivity (Wildman–Crippen MR) is 102 cm³/mol. The van der Waals surface area contributed by atoms with Crippen LogP contribution in [0.15, 0.2) is 47.5 Å². The Morgan fingerprint density at radius 1 is 1.27 bits per heavy atom. The first-order valence-corrected chi connectivity index (χ1v) is 9.25. The maximum atomic E-state index is 12.0. The predicted octanol–water partition coefficient (Wildman–Crippen LogP) is 3.16. The Hall–Kier alpha value is -2.71. The largest absolute Gasteiger partial charge is 0.356 e. The summed E-state index contributed by atoms with van der Waals surface area (Å²) < 4.78 is 3.11. The quantitative estimate of drug-likeness (QED) is 0.570. The van der Waals surface area contributed by atoms with Crippen molar-refractivity contribution < 1.29 is 0 Å². The number of benzene rings is 1. The van der Waals surface area contributed by atoms with Crippen molar-refractivity contribution in [3.63, 3.8) is 0 Å². The second kappa shape index (κ2) is 6.89. The molecule has 0 bridgehead atoms. The van der Waals surface area contributed by atoms with Crippen LogP contribution in [0.1, 0.15) is 18.2 Å². The summed E-state index contributed by atoms with van der Waals surface area (Å²) in [4.78, 5) is 17.1. The van der Waals surface area contributed by atoms with Gasteiger partial charge in [0.25, 0.3) is 5.56 Å². The van der Waals surface area contributed by atoms with Crippen LogP contribution in [0, 0.1) is 0 Å². The zero-order chi connectivity index (χ0) is 18.1. The molecule has 1 N–H and O–H groups in total. The SMILES string of the molecule is CCc1cc(=O)n2nc(NCc3cnn(-c4ccc(Cl)cc4)c3)sc2n1. The lowest BCUT2D eigenvalue weighted by Crippen LogP contribution is -2.15. The van der Waals surface area contributed by atoms with E-state index in [4.69, 9.17) is 11.6 Å². The van der Waals surface area contributed by atoms with Crippen LogP contribution < -0.4 is 10.9 Å².